The van der Waals surface area contributed by atoms with E-state index in [4.69, 9.17) is 16.3 Å². The predicted octanol–water partition coefficient (Wildman–Crippen LogP) is 2.96. The Balaban J connectivity index is 2.53. The van der Waals surface area contributed by atoms with Crippen LogP contribution in [0.15, 0.2) is 18.5 Å². The topological polar surface area (TPSA) is 34.1 Å². The molecule has 0 aromatic carbocycles. The first-order valence-electron chi connectivity index (χ1n) is 5.02. The second-order valence-corrected chi connectivity index (χ2v) is 4.31. The standard InChI is InChI=1S/C11H17ClN2O/c1-4-15-11(2,3)8-14-10-5-6-13-7-9(10)12/h5-7H,4,8H2,1-3H3,(H,13,14). The average molecular weight is 229 g/mol. The number of halogens is 1. The molecule has 1 aromatic rings. The van der Waals surface area contributed by atoms with E-state index >= 15 is 0 Å². The second-order valence-electron chi connectivity index (χ2n) is 3.90. The van der Waals surface area contributed by atoms with Crippen LogP contribution in [-0.2, 0) is 4.74 Å². The summed E-state index contributed by atoms with van der Waals surface area (Å²) in [6.07, 6.45) is 3.33. The number of hydrogen-bond donors (Lipinski definition) is 1. The molecule has 4 heteroatoms. The van der Waals surface area contributed by atoms with Crippen molar-refractivity contribution in [3.8, 4) is 0 Å². The summed E-state index contributed by atoms with van der Waals surface area (Å²) in [7, 11) is 0. The van der Waals surface area contributed by atoms with Crippen LogP contribution in [0.1, 0.15) is 20.8 Å². The minimum atomic E-state index is -0.193. The summed E-state index contributed by atoms with van der Waals surface area (Å²) < 4.78 is 5.57. The molecule has 1 N–H and O–H groups in total. The zero-order valence-corrected chi connectivity index (χ0v) is 10.1. The van der Waals surface area contributed by atoms with Crippen molar-refractivity contribution in [2.24, 2.45) is 0 Å². The zero-order valence-electron chi connectivity index (χ0n) is 9.38. The molecule has 0 bridgehead atoms. The Morgan fingerprint density at radius 1 is 1.53 bits per heavy atom. The van der Waals surface area contributed by atoms with Gasteiger partial charge >= 0.3 is 0 Å². The van der Waals surface area contributed by atoms with Gasteiger partial charge in [0.1, 0.15) is 0 Å². The van der Waals surface area contributed by atoms with E-state index in [0.29, 0.717) is 18.2 Å². The van der Waals surface area contributed by atoms with Crippen LogP contribution in [0.3, 0.4) is 0 Å². The fourth-order valence-corrected chi connectivity index (χ4v) is 1.45. The van der Waals surface area contributed by atoms with E-state index in [1.807, 2.05) is 26.8 Å². The molecule has 0 saturated carbocycles. The summed E-state index contributed by atoms with van der Waals surface area (Å²) in [5, 5.41) is 3.87. The van der Waals surface area contributed by atoms with E-state index < -0.39 is 0 Å². The number of nitrogens with one attached hydrogen (secondary N) is 1. The van der Waals surface area contributed by atoms with Gasteiger partial charge in [0.05, 0.1) is 16.3 Å². The van der Waals surface area contributed by atoms with Gasteiger partial charge in [0.25, 0.3) is 0 Å². The van der Waals surface area contributed by atoms with E-state index in [-0.39, 0.29) is 5.60 Å². The van der Waals surface area contributed by atoms with Gasteiger partial charge in [-0.25, -0.2) is 0 Å². The highest BCUT2D eigenvalue weighted by Gasteiger charge is 2.17. The van der Waals surface area contributed by atoms with E-state index in [2.05, 4.69) is 10.3 Å². The molecule has 0 spiro atoms. The smallest absolute Gasteiger partial charge is 0.0820 e. The quantitative estimate of drug-likeness (QED) is 0.842. The Kier molecular flexibility index (Phi) is 4.36. The Bertz CT molecular complexity index is 315. The second kappa shape index (κ2) is 5.33. The van der Waals surface area contributed by atoms with Crippen LogP contribution in [0.25, 0.3) is 0 Å². The highest BCUT2D eigenvalue weighted by Crippen LogP contribution is 2.20. The van der Waals surface area contributed by atoms with Gasteiger partial charge in [0.2, 0.25) is 0 Å². The molecular formula is C11H17ClN2O. The minimum absolute atomic E-state index is 0.193. The van der Waals surface area contributed by atoms with Gasteiger partial charge in [0, 0.05) is 25.5 Å². The minimum Gasteiger partial charge on any atom is -0.381 e. The van der Waals surface area contributed by atoms with Gasteiger partial charge in [0.15, 0.2) is 0 Å². The molecule has 84 valence electrons. The van der Waals surface area contributed by atoms with Crippen LogP contribution < -0.4 is 5.32 Å². The van der Waals surface area contributed by atoms with Crippen molar-refractivity contribution in [1.29, 1.82) is 0 Å². The Hall–Kier alpha value is -0.800. The summed E-state index contributed by atoms with van der Waals surface area (Å²) in [6.45, 7) is 7.49. The maximum Gasteiger partial charge on any atom is 0.0820 e. The molecule has 0 aliphatic carbocycles. The lowest BCUT2D eigenvalue weighted by atomic mass is 10.1. The fraction of sp³-hybridized carbons (Fsp3) is 0.545. The first-order valence-corrected chi connectivity index (χ1v) is 5.40. The van der Waals surface area contributed by atoms with Gasteiger partial charge in [-0.05, 0) is 26.8 Å². The highest BCUT2D eigenvalue weighted by molar-refractivity contribution is 6.33. The summed E-state index contributed by atoms with van der Waals surface area (Å²) in [5.41, 5.74) is 0.695. The normalized spacial score (nSPS) is 11.5. The molecule has 0 atom stereocenters. The SMILES string of the molecule is CCOC(C)(C)CNc1ccncc1Cl. The number of anilines is 1. The lowest BCUT2D eigenvalue weighted by molar-refractivity contribution is 0.000700. The molecule has 0 radical (unpaired) electrons. The molecule has 3 nitrogen and oxygen atoms in total. The number of rotatable bonds is 5. The fourth-order valence-electron chi connectivity index (χ4n) is 1.27. The van der Waals surface area contributed by atoms with Crippen molar-refractivity contribution in [1.82, 2.24) is 4.98 Å². The monoisotopic (exact) mass is 228 g/mol. The number of aromatic nitrogens is 1. The lowest BCUT2D eigenvalue weighted by Gasteiger charge is -2.25. The Morgan fingerprint density at radius 3 is 2.87 bits per heavy atom. The number of nitrogens with zero attached hydrogens (tertiary/aromatic N) is 1. The van der Waals surface area contributed by atoms with Crippen LogP contribution >= 0.6 is 11.6 Å². The third-order valence-corrected chi connectivity index (χ3v) is 2.31. The van der Waals surface area contributed by atoms with Gasteiger partial charge in [-0.1, -0.05) is 11.6 Å². The number of pyridine rings is 1. The molecule has 1 rings (SSSR count). The van der Waals surface area contributed by atoms with Crippen LogP contribution in [0.5, 0.6) is 0 Å². The van der Waals surface area contributed by atoms with Crippen LogP contribution in [-0.4, -0.2) is 23.7 Å². The predicted molar refractivity (Wildman–Crippen MR) is 63.4 cm³/mol. The largest absolute Gasteiger partial charge is 0.381 e. The lowest BCUT2D eigenvalue weighted by Crippen LogP contribution is -2.33. The van der Waals surface area contributed by atoms with Gasteiger partial charge in [-0.3, -0.25) is 4.98 Å². The van der Waals surface area contributed by atoms with Crippen molar-refractivity contribution in [2.45, 2.75) is 26.4 Å². The van der Waals surface area contributed by atoms with Gasteiger partial charge in [-0.2, -0.15) is 0 Å². The molecular weight excluding hydrogens is 212 g/mol. The molecule has 0 saturated heterocycles. The first kappa shape index (κ1) is 12.3. The van der Waals surface area contributed by atoms with E-state index in [9.17, 15) is 0 Å². The summed E-state index contributed by atoms with van der Waals surface area (Å²) in [5.74, 6) is 0. The summed E-state index contributed by atoms with van der Waals surface area (Å²) in [6, 6.07) is 1.85. The van der Waals surface area contributed by atoms with Crippen LogP contribution in [0.2, 0.25) is 5.02 Å². The van der Waals surface area contributed by atoms with Crippen molar-refractivity contribution < 1.29 is 4.74 Å². The molecule has 0 aliphatic heterocycles. The van der Waals surface area contributed by atoms with Crippen molar-refractivity contribution in [3.05, 3.63) is 23.5 Å². The van der Waals surface area contributed by atoms with Crippen molar-refractivity contribution in [2.75, 3.05) is 18.5 Å². The molecule has 0 aliphatic rings. The van der Waals surface area contributed by atoms with Gasteiger partial charge in [-0.15, -0.1) is 0 Å². The number of hydrogen-bond acceptors (Lipinski definition) is 3. The maximum absolute atomic E-state index is 5.96. The maximum atomic E-state index is 5.96. The Morgan fingerprint density at radius 2 is 2.27 bits per heavy atom. The number of ether oxygens (including phenoxy) is 1. The van der Waals surface area contributed by atoms with Crippen LogP contribution in [0.4, 0.5) is 5.69 Å². The summed E-state index contributed by atoms with van der Waals surface area (Å²) >= 11 is 5.96. The summed E-state index contributed by atoms with van der Waals surface area (Å²) in [4.78, 5) is 3.92. The van der Waals surface area contributed by atoms with Crippen molar-refractivity contribution in [3.63, 3.8) is 0 Å². The highest BCUT2D eigenvalue weighted by atomic mass is 35.5. The molecule has 0 fully saturated rings. The molecule has 1 aromatic heterocycles. The average Bonchev–Trinajstić information content (AvgIpc) is 2.16. The van der Waals surface area contributed by atoms with E-state index in [0.717, 1.165) is 5.69 Å². The van der Waals surface area contributed by atoms with Gasteiger partial charge < -0.3 is 10.1 Å². The van der Waals surface area contributed by atoms with E-state index in [1.54, 1.807) is 12.4 Å². The first-order chi connectivity index (χ1) is 7.05. The zero-order chi connectivity index (χ0) is 11.3. The molecule has 1 heterocycles. The molecule has 0 unspecified atom stereocenters. The third-order valence-electron chi connectivity index (χ3n) is 2.01. The van der Waals surface area contributed by atoms with E-state index in [1.165, 1.54) is 0 Å². The van der Waals surface area contributed by atoms with Crippen LogP contribution in [0, 0.1) is 0 Å². The third kappa shape index (κ3) is 4.06. The molecule has 15 heavy (non-hydrogen) atoms. The Labute approximate surface area is 95.8 Å². The van der Waals surface area contributed by atoms with Crippen molar-refractivity contribution >= 4 is 17.3 Å². The molecule has 0 amide bonds.